The van der Waals surface area contributed by atoms with Crippen LogP contribution in [0.3, 0.4) is 0 Å². The molecule has 0 spiro atoms. The molecule has 0 aliphatic carbocycles. The van der Waals surface area contributed by atoms with E-state index in [-0.39, 0.29) is 0 Å². The van der Waals surface area contributed by atoms with Crippen molar-refractivity contribution in [2.45, 2.75) is 17.9 Å². The first-order valence-corrected chi connectivity index (χ1v) is 10.9. The molecule has 0 heterocycles. The molecule has 0 unspecified atom stereocenters. The van der Waals surface area contributed by atoms with E-state index in [1.54, 1.807) is 0 Å². The van der Waals surface area contributed by atoms with E-state index >= 15 is 0 Å². The van der Waals surface area contributed by atoms with Crippen molar-refractivity contribution in [3.63, 3.8) is 0 Å². The summed E-state index contributed by atoms with van der Waals surface area (Å²) >= 11 is 0.482. The summed E-state index contributed by atoms with van der Waals surface area (Å²) in [7, 11) is -6.09. The maximum Gasteiger partial charge on any atom is 0.485 e. The molecule has 0 amide bonds. The van der Waals surface area contributed by atoms with Crippen LogP contribution in [-0.4, -0.2) is 38.0 Å². The van der Waals surface area contributed by atoms with Gasteiger partial charge in [-0.1, -0.05) is 0 Å². The second kappa shape index (κ2) is 9.72. The zero-order chi connectivity index (χ0) is 18.9. The van der Waals surface area contributed by atoms with Crippen molar-refractivity contribution in [2.75, 3.05) is 0 Å². The maximum atomic E-state index is 10.7. The van der Waals surface area contributed by atoms with Crippen LogP contribution in [0.2, 0.25) is 5.82 Å². The minimum absolute atomic E-state index is 0.482. The van der Waals surface area contributed by atoms with Crippen molar-refractivity contribution in [1.82, 2.24) is 0 Å². The van der Waals surface area contributed by atoms with E-state index in [4.69, 9.17) is 13.0 Å². The van der Waals surface area contributed by atoms with Gasteiger partial charge in [-0.3, -0.25) is 0 Å². The summed E-state index contributed by atoms with van der Waals surface area (Å²) in [6.45, 7) is 0.903. The number of nitrogens with one attached hydrogen (secondary N) is 1. The Morgan fingerprint density at radius 3 is 1.88 bits per heavy atom. The average molecular weight is 438 g/mol. The summed E-state index contributed by atoms with van der Waals surface area (Å²) < 4.78 is 60.3. The molecule has 0 radical (unpaired) electrons. The minimum Gasteiger partial charge on any atom is -0.741 e. The molecule has 25 heavy (non-hydrogen) atoms. The zero-order valence-corrected chi connectivity index (χ0v) is 15.7. The van der Waals surface area contributed by atoms with E-state index in [0.717, 1.165) is 6.54 Å². The second-order valence-electron chi connectivity index (χ2n) is 4.64. The largest absolute Gasteiger partial charge is 0.741 e. The van der Waals surface area contributed by atoms with Crippen LogP contribution in [0.4, 0.5) is 13.2 Å². The molecular formula is C16H16F3NO3SSe. The normalized spacial score (nSPS) is 12.3. The van der Waals surface area contributed by atoms with Crippen molar-refractivity contribution in [1.29, 1.82) is 0 Å². The van der Waals surface area contributed by atoms with Crippen LogP contribution in [0, 0.1) is 0 Å². The number of hydrogen-bond donors (Lipinski definition) is 1. The second-order valence-corrected chi connectivity index (χ2v) is 7.72. The Bertz CT molecular complexity index is 779. The fourth-order valence-corrected chi connectivity index (χ4v) is 2.89. The molecule has 0 atom stereocenters. The van der Waals surface area contributed by atoms with Crippen molar-refractivity contribution in [3.8, 4) is 0 Å². The predicted octanol–water partition coefficient (Wildman–Crippen LogP) is 1.52. The van der Waals surface area contributed by atoms with Crippen LogP contribution in [0.15, 0.2) is 60.7 Å². The van der Waals surface area contributed by atoms with E-state index in [1.165, 1.54) is 15.7 Å². The summed E-state index contributed by atoms with van der Waals surface area (Å²) in [4.78, 5) is 3.55. The van der Waals surface area contributed by atoms with Crippen molar-refractivity contribution < 1.29 is 31.1 Å². The van der Waals surface area contributed by atoms with Crippen molar-refractivity contribution in [3.05, 3.63) is 71.8 Å². The molecule has 2 aromatic rings. The molecule has 0 fully saturated rings. The van der Waals surface area contributed by atoms with Crippen LogP contribution in [0.25, 0.3) is 0 Å². The molecule has 9 heteroatoms. The molecule has 1 N–H and O–H groups in total. The molecule has 0 aliphatic rings. The third-order valence-corrected chi connectivity index (χ3v) is 5.04. The Balaban J connectivity index is 0.000000333. The Hall–Kier alpha value is -1.67. The van der Waals surface area contributed by atoms with Crippen LogP contribution in [-0.2, 0) is 16.7 Å². The first-order valence-electron chi connectivity index (χ1n) is 6.91. The maximum absolute atomic E-state index is 10.7. The molecule has 0 aromatic heterocycles. The van der Waals surface area contributed by atoms with Gasteiger partial charge in [-0.25, -0.2) is 8.42 Å². The van der Waals surface area contributed by atoms with E-state index in [9.17, 15) is 13.2 Å². The summed E-state index contributed by atoms with van der Waals surface area (Å²) in [6, 6.07) is 21.1. The standard InChI is InChI=1S/C15H15NSe.CHF3O3S/c1-17-15(14-10-6-3-7-11-14)16-12-13-8-4-2-5-9-13;2-1(3,4)8(5,6)7/h2-11H,12H2,1H3;(H,5,6,7). The molecule has 136 valence electrons. The average Bonchev–Trinajstić information content (AvgIpc) is 2.56. The fourth-order valence-electron chi connectivity index (χ4n) is 1.66. The van der Waals surface area contributed by atoms with Gasteiger partial charge in [0.2, 0.25) is 0 Å². The van der Waals surface area contributed by atoms with Crippen LogP contribution in [0.1, 0.15) is 11.1 Å². The molecule has 2 aromatic carbocycles. The van der Waals surface area contributed by atoms with Gasteiger partial charge in [-0.05, 0) is 0 Å². The van der Waals surface area contributed by atoms with E-state index in [0.29, 0.717) is 15.0 Å². The topological polar surface area (TPSA) is 71.2 Å². The zero-order valence-electron chi connectivity index (χ0n) is 13.2. The number of rotatable bonds is 4. The number of hydrogen-bond acceptors (Lipinski definition) is 3. The van der Waals surface area contributed by atoms with Gasteiger partial charge in [-0.15, -0.1) is 0 Å². The Morgan fingerprint density at radius 2 is 1.48 bits per heavy atom. The van der Waals surface area contributed by atoms with Crippen molar-refractivity contribution >= 4 is 29.7 Å². The summed E-state index contributed by atoms with van der Waals surface area (Å²) in [6.07, 6.45) is 0. The number of benzene rings is 2. The predicted molar refractivity (Wildman–Crippen MR) is 89.0 cm³/mol. The number of alkyl halides is 3. The summed E-state index contributed by atoms with van der Waals surface area (Å²) in [5.41, 5.74) is -3.01. The Morgan fingerprint density at radius 1 is 1.04 bits per heavy atom. The quantitative estimate of drug-likeness (QED) is 0.341. The van der Waals surface area contributed by atoms with E-state index in [1.807, 2.05) is 0 Å². The van der Waals surface area contributed by atoms with Crippen LogP contribution in [0.5, 0.6) is 0 Å². The van der Waals surface area contributed by atoms with Gasteiger partial charge in [0, 0.05) is 0 Å². The Labute approximate surface area is 150 Å². The monoisotopic (exact) mass is 439 g/mol. The minimum atomic E-state index is -6.09. The van der Waals surface area contributed by atoms with Gasteiger partial charge in [0.1, 0.15) is 0 Å². The number of halogens is 3. The molecule has 0 bridgehead atoms. The van der Waals surface area contributed by atoms with Gasteiger partial charge in [0.25, 0.3) is 0 Å². The first kappa shape index (κ1) is 21.4. The van der Waals surface area contributed by atoms with Crippen LogP contribution < -0.4 is 4.99 Å². The summed E-state index contributed by atoms with van der Waals surface area (Å²) in [5.74, 6) is 2.24. The van der Waals surface area contributed by atoms with Gasteiger partial charge in [-0.2, -0.15) is 13.2 Å². The van der Waals surface area contributed by atoms with E-state index < -0.39 is 15.6 Å². The van der Waals surface area contributed by atoms with Gasteiger partial charge >= 0.3 is 114 Å². The third kappa shape index (κ3) is 7.83. The SMILES string of the molecule is C[Se]C(=[NH+]Cc1ccccc1)c1ccccc1.O=S(=O)([O-])C(F)(F)F. The fraction of sp³-hybridized carbons (Fsp3) is 0.188. The Kier molecular flexibility index (Phi) is 8.31. The van der Waals surface area contributed by atoms with Crippen molar-refractivity contribution in [2.24, 2.45) is 0 Å². The third-order valence-electron chi connectivity index (χ3n) is 2.82. The van der Waals surface area contributed by atoms with Gasteiger partial charge in [0.05, 0.1) is 0 Å². The summed E-state index contributed by atoms with van der Waals surface area (Å²) in [5, 5.41) is 0. The molecule has 2 rings (SSSR count). The molecular weight excluding hydrogens is 422 g/mol. The smallest absolute Gasteiger partial charge is 0.485 e. The first-order chi connectivity index (χ1) is 11.6. The van der Waals surface area contributed by atoms with Gasteiger partial charge in [0.15, 0.2) is 10.1 Å². The molecule has 0 saturated carbocycles. The molecule has 0 aliphatic heterocycles. The molecule has 0 saturated heterocycles. The van der Waals surface area contributed by atoms with Crippen LogP contribution >= 0.6 is 0 Å². The van der Waals surface area contributed by atoms with E-state index in [2.05, 4.69) is 71.5 Å². The molecule has 4 nitrogen and oxygen atoms in total. The van der Waals surface area contributed by atoms with Gasteiger partial charge < -0.3 is 4.55 Å².